The standard InChI is InChI=1S/C17H23N5O3/c18-17(25)19-9-5-1-2-8-15(23)21-22-16(24)10-12-11-20-14-7-4-3-6-13(12)14/h3-4,6-7,11,20H,1-2,5,8-10H2,(H,21,23)(H,22,24)(H3,18,19,25). The molecule has 0 saturated carbocycles. The number of aromatic amines is 1. The summed E-state index contributed by atoms with van der Waals surface area (Å²) in [6.07, 6.45) is 4.50. The van der Waals surface area contributed by atoms with Crippen LogP contribution in [-0.4, -0.2) is 29.4 Å². The number of para-hydroxylation sites is 1. The van der Waals surface area contributed by atoms with Gasteiger partial charge in [-0.2, -0.15) is 0 Å². The highest BCUT2D eigenvalue weighted by molar-refractivity contribution is 5.89. The molecule has 2 aromatic rings. The molecule has 0 aliphatic rings. The smallest absolute Gasteiger partial charge is 0.312 e. The Hall–Kier alpha value is -3.03. The molecule has 0 aliphatic heterocycles. The van der Waals surface area contributed by atoms with Crippen LogP contribution in [0.3, 0.4) is 0 Å². The van der Waals surface area contributed by atoms with Gasteiger partial charge in [-0.05, 0) is 24.5 Å². The van der Waals surface area contributed by atoms with Crippen LogP contribution >= 0.6 is 0 Å². The van der Waals surface area contributed by atoms with E-state index in [-0.39, 0.29) is 18.2 Å². The van der Waals surface area contributed by atoms with Crippen molar-refractivity contribution in [2.24, 2.45) is 5.73 Å². The largest absolute Gasteiger partial charge is 0.361 e. The van der Waals surface area contributed by atoms with E-state index in [9.17, 15) is 14.4 Å². The number of urea groups is 1. The van der Waals surface area contributed by atoms with Crippen LogP contribution in [0.1, 0.15) is 31.2 Å². The zero-order valence-corrected chi connectivity index (χ0v) is 13.9. The number of rotatable bonds is 8. The molecule has 0 spiro atoms. The molecular formula is C17H23N5O3. The highest BCUT2D eigenvalue weighted by Gasteiger charge is 2.09. The van der Waals surface area contributed by atoms with Gasteiger partial charge < -0.3 is 16.0 Å². The minimum absolute atomic E-state index is 0.184. The molecule has 0 saturated heterocycles. The summed E-state index contributed by atoms with van der Waals surface area (Å²) >= 11 is 0. The number of nitrogens with two attached hydrogens (primary N) is 1. The van der Waals surface area contributed by atoms with Gasteiger partial charge in [0.1, 0.15) is 0 Å². The van der Waals surface area contributed by atoms with Crippen molar-refractivity contribution >= 4 is 28.7 Å². The third-order valence-electron chi connectivity index (χ3n) is 3.75. The van der Waals surface area contributed by atoms with E-state index in [1.54, 1.807) is 6.20 Å². The Bertz CT molecular complexity index is 741. The lowest BCUT2D eigenvalue weighted by Crippen LogP contribution is -2.42. The summed E-state index contributed by atoms with van der Waals surface area (Å²) in [5, 5.41) is 3.48. The lowest BCUT2D eigenvalue weighted by Gasteiger charge is -2.07. The summed E-state index contributed by atoms with van der Waals surface area (Å²) in [5.41, 5.74) is 11.6. The molecule has 6 N–H and O–H groups in total. The Labute approximate surface area is 145 Å². The number of H-pyrrole nitrogens is 1. The molecule has 0 bridgehead atoms. The van der Waals surface area contributed by atoms with Crippen LogP contribution in [0.4, 0.5) is 4.79 Å². The highest BCUT2D eigenvalue weighted by atomic mass is 16.2. The minimum atomic E-state index is -0.546. The number of benzene rings is 1. The van der Waals surface area contributed by atoms with Crippen LogP contribution in [-0.2, 0) is 16.0 Å². The van der Waals surface area contributed by atoms with Crippen molar-refractivity contribution in [3.8, 4) is 0 Å². The molecule has 1 aromatic carbocycles. The number of unbranched alkanes of at least 4 members (excludes halogenated alkanes) is 2. The van der Waals surface area contributed by atoms with E-state index < -0.39 is 6.03 Å². The van der Waals surface area contributed by atoms with E-state index in [2.05, 4.69) is 21.2 Å². The molecule has 0 unspecified atom stereocenters. The predicted octanol–water partition coefficient (Wildman–Crippen LogP) is 1.09. The number of carbonyl (C=O) groups is 3. The van der Waals surface area contributed by atoms with Crippen LogP contribution in [0.25, 0.3) is 10.9 Å². The van der Waals surface area contributed by atoms with E-state index in [1.807, 2.05) is 24.3 Å². The first-order valence-corrected chi connectivity index (χ1v) is 8.22. The van der Waals surface area contributed by atoms with Gasteiger partial charge in [0.2, 0.25) is 11.8 Å². The predicted molar refractivity (Wildman–Crippen MR) is 94.3 cm³/mol. The maximum absolute atomic E-state index is 11.9. The van der Waals surface area contributed by atoms with Gasteiger partial charge in [-0.25, -0.2) is 4.79 Å². The maximum Gasteiger partial charge on any atom is 0.312 e. The van der Waals surface area contributed by atoms with E-state index in [1.165, 1.54) is 0 Å². The number of primary amides is 1. The number of hydrogen-bond acceptors (Lipinski definition) is 3. The van der Waals surface area contributed by atoms with Gasteiger partial charge in [0.05, 0.1) is 6.42 Å². The van der Waals surface area contributed by atoms with Crippen molar-refractivity contribution in [3.05, 3.63) is 36.0 Å². The third-order valence-corrected chi connectivity index (χ3v) is 3.75. The number of aromatic nitrogens is 1. The Morgan fingerprint density at radius 2 is 1.76 bits per heavy atom. The molecule has 134 valence electrons. The first kappa shape index (κ1) is 18.3. The van der Waals surface area contributed by atoms with Crippen LogP contribution in [0.5, 0.6) is 0 Å². The lowest BCUT2D eigenvalue weighted by atomic mass is 10.1. The third kappa shape index (κ3) is 6.17. The van der Waals surface area contributed by atoms with Gasteiger partial charge in [0.25, 0.3) is 0 Å². The molecule has 2 rings (SSSR count). The van der Waals surface area contributed by atoms with E-state index in [0.717, 1.165) is 29.3 Å². The van der Waals surface area contributed by atoms with Gasteiger partial charge >= 0.3 is 6.03 Å². The van der Waals surface area contributed by atoms with Crippen molar-refractivity contribution in [1.82, 2.24) is 21.2 Å². The molecule has 4 amide bonds. The van der Waals surface area contributed by atoms with Crippen molar-refractivity contribution in [3.63, 3.8) is 0 Å². The van der Waals surface area contributed by atoms with Crippen molar-refractivity contribution < 1.29 is 14.4 Å². The second kappa shape index (κ2) is 9.31. The lowest BCUT2D eigenvalue weighted by molar-refractivity contribution is -0.128. The van der Waals surface area contributed by atoms with Gasteiger partial charge in [-0.1, -0.05) is 24.6 Å². The molecule has 0 aliphatic carbocycles. The Balaban J connectivity index is 1.63. The molecule has 0 fully saturated rings. The first-order chi connectivity index (χ1) is 12.1. The molecule has 8 heteroatoms. The Kier molecular flexibility index (Phi) is 6.82. The zero-order chi connectivity index (χ0) is 18.1. The summed E-state index contributed by atoms with van der Waals surface area (Å²) in [7, 11) is 0. The maximum atomic E-state index is 11.9. The average Bonchev–Trinajstić information content (AvgIpc) is 2.99. The molecule has 1 heterocycles. The number of amides is 4. The van der Waals surface area contributed by atoms with E-state index >= 15 is 0 Å². The van der Waals surface area contributed by atoms with Crippen LogP contribution in [0, 0.1) is 0 Å². The van der Waals surface area contributed by atoms with Crippen LogP contribution < -0.4 is 21.9 Å². The fraction of sp³-hybridized carbons (Fsp3) is 0.353. The first-order valence-electron chi connectivity index (χ1n) is 8.22. The number of carbonyl (C=O) groups excluding carboxylic acids is 3. The fourth-order valence-corrected chi connectivity index (χ4v) is 2.50. The van der Waals surface area contributed by atoms with Crippen LogP contribution in [0.2, 0.25) is 0 Å². The Morgan fingerprint density at radius 1 is 1.00 bits per heavy atom. The van der Waals surface area contributed by atoms with Crippen molar-refractivity contribution in [2.45, 2.75) is 32.1 Å². The summed E-state index contributed by atoms with van der Waals surface area (Å²) in [4.78, 5) is 37.2. The minimum Gasteiger partial charge on any atom is -0.361 e. The molecule has 0 radical (unpaired) electrons. The second-order valence-electron chi connectivity index (χ2n) is 5.73. The fourth-order valence-electron chi connectivity index (χ4n) is 2.50. The summed E-state index contributed by atoms with van der Waals surface area (Å²) < 4.78 is 0. The number of hydrazine groups is 1. The van der Waals surface area contributed by atoms with Gasteiger partial charge in [-0.3, -0.25) is 20.4 Å². The summed E-state index contributed by atoms with van der Waals surface area (Å²) in [6, 6.07) is 7.18. The number of hydrogen-bond donors (Lipinski definition) is 5. The normalized spacial score (nSPS) is 10.4. The molecule has 0 atom stereocenters. The molecule has 25 heavy (non-hydrogen) atoms. The second-order valence-corrected chi connectivity index (χ2v) is 5.73. The topological polar surface area (TPSA) is 129 Å². The van der Waals surface area contributed by atoms with Gasteiger partial charge in [0.15, 0.2) is 0 Å². The zero-order valence-electron chi connectivity index (χ0n) is 13.9. The number of fused-ring (bicyclic) bond motifs is 1. The molecule has 1 aromatic heterocycles. The monoisotopic (exact) mass is 345 g/mol. The Morgan fingerprint density at radius 3 is 2.56 bits per heavy atom. The highest BCUT2D eigenvalue weighted by Crippen LogP contribution is 2.17. The molecule has 8 nitrogen and oxygen atoms in total. The van der Waals surface area contributed by atoms with E-state index in [4.69, 9.17) is 5.73 Å². The van der Waals surface area contributed by atoms with E-state index in [0.29, 0.717) is 19.4 Å². The summed E-state index contributed by atoms with van der Waals surface area (Å²) in [5.74, 6) is -0.515. The quantitative estimate of drug-likeness (QED) is 0.363. The van der Waals surface area contributed by atoms with Crippen LogP contribution in [0.15, 0.2) is 30.5 Å². The number of nitrogens with one attached hydrogen (secondary N) is 4. The van der Waals surface area contributed by atoms with Crippen molar-refractivity contribution in [1.29, 1.82) is 0 Å². The molecular weight excluding hydrogens is 322 g/mol. The van der Waals surface area contributed by atoms with Crippen molar-refractivity contribution in [2.75, 3.05) is 6.54 Å². The summed E-state index contributed by atoms with van der Waals surface area (Å²) in [6.45, 7) is 0.498. The SMILES string of the molecule is NC(=O)NCCCCCC(=O)NNC(=O)Cc1c[nH]c2ccccc12. The van der Waals surface area contributed by atoms with Gasteiger partial charge in [-0.15, -0.1) is 0 Å². The average molecular weight is 345 g/mol. The van der Waals surface area contributed by atoms with Gasteiger partial charge in [0, 0.05) is 30.1 Å².